The lowest BCUT2D eigenvalue weighted by Crippen LogP contribution is -2.61. The molecule has 0 aromatic heterocycles. The van der Waals surface area contributed by atoms with Gasteiger partial charge in [0.05, 0.1) is 18.3 Å². The van der Waals surface area contributed by atoms with Crippen LogP contribution in [0.2, 0.25) is 0 Å². The van der Waals surface area contributed by atoms with E-state index in [0.717, 1.165) is 32.1 Å². The minimum absolute atomic E-state index is 0.0243. The second-order valence-corrected chi connectivity index (χ2v) is 12.9. The summed E-state index contributed by atoms with van der Waals surface area (Å²) in [6, 6.07) is 0. The molecule has 4 saturated carbocycles. The summed E-state index contributed by atoms with van der Waals surface area (Å²) in [6.45, 7) is 10.7. The third-order valence-electron chi connectivity index (χ3n) is 10.9. The molecule has 32 heavy (non-hydrogen) atoms. The Hall–Kier alpha value is -0.780. The van der Waals surface area contributed by atoms with Crippen LogP contribution in [0.4, 0.5) is 0 Å². The lowest BCUT2D eigenvalue weighted by Gasteiger charge is -2.62. The number of fused-ring (bicyclic) bond motifs is 7. The van der Waals surface area contributed by atoms with Crippen molar-refractivity contribution in [3.8, 4) is 0 Å². The van der Waals surface area contributed by atoms with Gasteiger partial charge in [0.25, 0.3) is 0 Å². The van der Waals surface area contributed by atoms with E-state index in [0.29, 0.717) is 36.4 Å². The van der Waals surface area contributed by atoms with E-state index in [9.17, 15) is 19.8 Å². The molecule has 5 nitrogen and oxygen atoms in total. The van der Waals surface area contributed by atoms with Crippen LogP contribution in [-0.4, -0.2) is 46.2 Å². The van der Waals surface area contributed by atoms with Crippen LogP contribution in [0.1, 0.15) is 79.6 Å². The molecule has 0 aromatic carbocycles. The van der Waals surface area contributed by atoms with Gasteiger partial charge in [-0.3, -0.25) is 9.59 Å². The molecule has 5 rings (SSSR count). The van der Waals surface area contributed by atoms with Crippen molar-refractivity contribution in [2.24, 2.45) is 52.3 Å². The number of ketones is 2. The molecule has 1 aliphatic heterocycles. The molecular formula is C27H42O5. The minimum Gasteiger partial charge on any atom is -0.393 e. The van der Waals surface area contributed by atoms with E-state index >= 15 is 0 Å². The van der Waals surface area contributed by atoms with Gasteiger partial charge in [0, 0.05) is 18.3 Å². The Morgan fingerprint density at radius 3 is 2.50 bits per heavy atom. The van der Waals surface area contributed by atoms with Crippen molar-refractivity contribution in [2.75, 3.05) is 0 Å². The van der Waals surface area contributed by atoms with Gasteiger partial charge in [0.2, 0.25) is 0 Å². The summed E-state index contributed by atoms with van der Waals surface area (Å²) in [7, 11) is 0. The summed E-state index contributed by atoms with van der Waals surface area (Å²) in [5.74, 6) is 1.67. The maximum atomic E-state index is 13.4. The normalized spacial score (nSPS) is 55.1. The minimum atomic E-state index is -0.418. The highest BCUT2D eigenvalue weighted by Crippen LogP contribution is 2.68. The van der Waals surface area contributed by atoms with Gasteiger partial charge in [0.15, 0.2) is 5.78 Å². The summed E-state index contributed by atoms with van der Waals surface area (Å²) in [5, 5.41) is 21.8. The molecule has 0 amide bonds. The molecule has 1 saturated heterocycles. The van der Waals surface area contributed by atoms with Crippen molar-refractivity contribution in [3.63, 3.8) is 0 Å². The second kappa shape index (κ2) is 7.61. The fourth-order valence-electron chi connectivity index (χ4n) is 9.65. The summed E-state index contributed by atoms with van der Waals surface area (Å²) in [5.41, 5.74) is -0.287. The van der Waals surface area contributed by atoms with E-state index in [-0.39, 0.29) is 52.5 Å². The first-order valence-corrected chi connectivity index (χ1v) is 13.1. The van der Waals surface area contributed by atoms with Crippen LogP contribution in [0.3, 0.4) is 0 Å². The van der Waals surface area contributed by atoms with Crippen LogP contribution in [-0.2, 0) is 14.3 Å². The quantitative estimate of drug-likeness (QED) is 0.674. The SMILES string of the molecule is CC(C)C(=O)[C@@H]1C[C@@H](C)[C@H]2[C@H](C[C@H]3[C@@H]4CC(=O)[C@@H]5C[C@@H](O)CC[C@]5(C)[C@H]4[C@H](O)C[C@]23C)O1. The van der Waals surface area contributed by atoms with Crippen LogP contribution in [0.25, 0.3) is 0 Å². The van der Waals surface area contributed by atoms with Crippen molar-refractivity contribution in [2.45, 2.75) is 104 Å². The predicted octanol–water partition coefficient (Wildman–Crippen LogP) is 3.78. The standard InChI is InChI=1S/C27H42O5/c1-13(2)25(31)22-8-14(3)23-21(32-22)11-17-16-10-19(29)18-9-15(28)6-7-26(18,4)24(16)20(30)12-27(17,23)5/h13-18,20-24,28,30H,6-12H2,1-5H3/t14-,15+,16+,17+,18+,20-,21+,22+,23+,24-,26+,27+/m1/s1. The Labute approximate surface area is 192 Å². The van der Waals surface area contributed by atoms with Crippen LogP contribution >= 0.6 is 0 Å². The van der Waals surface area contributed by atoms with Crippen molar-refractivity contribution < 1.29 is 24.5 Å². The smallest absolute Gasteiger partial charge is 0.164 e. The highest BCUT2D eigenvalue weighted by atomic mass is 16.5. The van der Waals surface area contributed by atoms with Gasteiger partial charge in [0.1, 0.15) is 11.9 Å². The molecular weight excluding hydrogens is 404 g/mol. The molecule has 0 spiro atoms. The molecule has 12 atom stereocenters. The summed E-state index contributed by atoms with van der Waals surface area (Å²) in [4.78, 5) is 26.1. The van der Waals surface area contributed by atoms with Crippen LogP contribution in [0, 0.1) is 52.3 Å². The van der Waals surface area contributed by atoms with Crippen LogP contribution in [0.5, 0.6) is 0 Å². The molecule has 1 heterocycles. The van der Waals surface area contributed by atoms with Crippen molar-refractivity contribution in [1.29, 1.82) is 0 Å². The summed E-state index contributed by atoms with van der Waals surface area (Å²) >= 11 is 0. The lowest BCUT2D eigenvalue weighted by atomic mass is 9.43. The zero-order chi connectivity index (χ0) is 23.2. The van der Waals surface area contributed by atoms with Crippen LogP contribution < -0.4 is 0 Å². The highest BCUT2D eigenvalue weighted by Gasteiger charge is 2.68. The lowest BCUT2D eigenvalue weighted by molar-refractivity contribution is -0.188. The van der Waals surface area contributed by atoms with E-state index in [1.165, 1.54) is 0 Å². The van der Waals surface area contributed by atoms with Crippen molar-refractivity contribution in [3.05, 3.63) is 0 Å². The number of ether oxygens (including phenoxy) is 1. The Morgan fingerprint density at radius 2 is 1.81 bits per heavy atom. The van der Waals surface area contributed by atoms with E-state index in [1.807, 2.05) is 13.8 Å². The average Bonchev–Trinajstić information content (AvgIpc) is 3.01. The Bertz CT molecular complexity index is 793. The Balaban J connectivity index is 1.47. The average molecular weight is 447 g/mol. The molecule has 0 radical (unpaired) electrons. The van der Waals surface area contributed by atoms with Crippen LogP contribution in [0.15, 0.2) is 0 Å². The van der Waals surface area contributed by atoms with E-state index in [2.05, 4.69) is 20.8 Å². The Kier molecular flexibility index (Phi) is 5.47. The molecule has 5 fully saturated rings. The van der Waals surface area contributed by atoms with Crippen molar-refractivity contribution >= 4 is 11.6 Å². The van der Waals surface area contributed by atoms with E-state index in [1.54, 1.807) is 0 Å². The molecule has 0 aromatic rings. The number of hydrogen-bond donors (Lipinski definition) is 2. The molecule has 4 aliphatic carbocycles. The number of hydrogen-bond acceptors (Lipinski definition) is 5. The first kappa shape index (κ1) is 23.0. The van der Waals surface area contributed by atoms with Gasteiger partial charge in [-0.1, -0.05) is 34.6 Å². The van der Waals surface area contributed by atoms with Gasteiger partial charge in [-0.15, -0.1) is 0 Å². The largest absolute Gasteiger partial charge is 0.393 e. The van der Waals surface area contributed by atoms with E-state index < -0.39 is 12.2 Å². The number of Topliss-reactive ketones (excluding diaryl/α,β-unsaturated/α-hetero) is 2. The summed E-state index contributed by atoms with van der Waals surface area (Å²) < 4.78 is 6.50. The molecule has 5 heteroatoms. The number of aliphatic hydroxyl groups is 2. The van der Waals surface area contributed by atoms with Gasteiger partial charge in [-0.2, -0.15) is 0 Å². The molecule has 5 aliphatic rings. The number of rotatable bonds is 2. The highest BCUT2D eigenvalue weighted by molar-refractivity contribution is 5.85. The molecule has 180 valence electrons. The number of aliphatic hydroxyl groups excluding tert-OH is 2. The van der Waals surface area contributed by atoms with Gasteiger partial charge in [-0.05, 0) is 78.9 Å². The first-order chi connectivity index (χ1) is 15.0. The third-order valence-corrected chi connectivity index (χ3v) is 10.9. The fourth-order valence-corrected chi connectivity index (χ4v) is 9.65. The fraction of sp³-hybridized carbons (Fsp3) is 0.926. The third kappa shape index (κ3) is 3.13. The number of carbonyl (C=O) groups excluding carboxylic acids is 2. The van der Waals surface area contributed by atoms with Gasteiger partial charge < -0.3 is 14.9 Å². The number of carbonyl (C=O) groups is 2. The zero-order valence-corrected chi connectivity index (χ0v) is 20.4. The summed E-state index contributed by atoms with van der Waals surface area (Å²) in [6.07, 6.45) is 3.96. The first-order valence-electron chi connectivity index (χ1n) is 13.1. The van der Waals surface area contributed by atoms with Gasteiger partial charge in [-0.25, -0.2) is 0 Å². The van der Waals surface area contributed by atoms with Gasteiger partial charge >= 0.3 is 0 Å². The maximum Gasteiger partial charge on any atom is 0.164 e. The second-order valence-electron chi connectivity index (χ2n) is 12.9. The molecule has 2 N–H and O–H groups in total. The van der Waals surface area contributed by atoms with Crippen molar-refractivity contribution in [1.82, 2.24) is 0 Å². The predicted molar refractivity (Wildman–Crippen MR) is 121 cm³/mol. The zero-order valence-electron chi connectivity index (χ0n) is 20.4. The monoisotopic (exact) mass is 446 g/mol. The molecule has 0 unspecified atom stereocenters. The maximum absolute atomic E-state index is 13.4. The molecule has 0 bridgehead atoms. The Morgan fingerprint density at radius 1 is 1.09 bits per heavy atom. The van der Waals surface area contributed by atoms with E-state index in [4.69, 9.17) is 4.74 Å². The topological polar surface area (TPSA) is 83.8 Å².